The van der Waals surface area contributed by atoms with Crippen molar-refractivity contribution >= 4 is 49.5 Å². The highest BCUT2D eigenvalue weighted by Gasteiger charge is 2.53. The van der Waals surface area contributed by atoms with Gasteiger partial charge in [-0.15, -0.1) is 10.2 Å². The number of anilines is 1. The lowest BCUT2D eigenvalue weighted by Crippen LogP contribution is -2.55. The maximum atomic E-state index is 13.7. The number of sulfonamides is 1. The van der Waals surface area contributed by atoms with Crippen LogP contribution in [-0.4, -0.2) is 75.2 Å². The van der Waals surface area contributed by atoms with Gasteiger partial charge in [-0.2, -0.15) is 10.4 Å². The predicted octanol–water partition coefficient (Wildman–Crippen LogP) is 3.51. The third kappa shape index (κ3) is 4.70. The molecule has 3 aromatic heterocycles. The summed E-state index contributed by atoms with van der Waals surface area (Å²) in [6.07, 6.45) is 1.27. The molecule has 7 rings (SSSR count). The van der Waals surface area contributed by atoms with Gasteiger partial charge in [-0.25, -0.2) is 31.4 Å². The molecule has 12 nitrogen and oxygen atoms in total. The van der Waals surface area contributed by atoms with Crippen LogP contribution in [0.25, 0.3) is 27.3 Å². The fourth-order valence-electron chi connectivity index (χ4n) is 5.63. The summed E-state index contributed by atoms with van der Waals surface area (Å²) in [5.41, 5.74) is 0.223. The minimum atomic E-state index is -3.99. The molecule has 1 saturated heterocycles. The Morgan fingerprint density at radius 2 is 1.98 bits per heavy atom. The van der Waals surface area contributed by atoms with Crippen LogP contribution in [0.2, 0.25) is 0 Å². The van der Waals surface area contributed by atoms with Crippen LogP contribution in [0.15, 0.2) is 29.3 Å². The van der Waals surface area contributed by atoms with Crippen molar-refractivity contribution < 1.29 is 22.0 Å². The number of hydrogen-bond acceptors (Lipinski definition) is 10. The lowest BCUT2D eigenvalue weighted by atomic mass is 10.0. The summed E-state index contributed by atoms with van der Waals surface area (Å²) in [6.45, 7) is 4.82. The first-order valence-corrected chi connectivity index (χ1v) is 16.2. The van der Waals surface area contributed by atoms with E-state index in [4.69, 9.17) is 0 Å². The molecule has 0 unspecified atom stereocenters. The molecule has 1 aliphatic heterocycles. The van der Waals surface area contributed by atoms with Crippen molar-refractivity contribution in [3.63, 3.8) is 0 Å². The third-order valence-electron chi connectivity index (χ3n) is 8.50. The topological polar surface area (TPSA) is 149 Å². The van der Waals surface area contributed by atoms with Gasteiger partial charge in [-0.05, 0) is 51.7 Å². The van der Waals surface area contributed by atoms with E-state index in [1.54, 1.807) is 27.7 Å². The van der Waals surface area contributed by atoms with Crippen LogP contribution in [0.5, 0.6) is 0 Å². The van der Waals surface area contributed by atoms with Crippen LogP contribution in [0.1, 0.15) is 51.0 Å². The quantitative estimate of drug-likeness (QED) is 0.325. The van der Waals surface area contributed by atoms with Crippen molar-refractivity contribution in [2.24, 2.45) is 5.41 Å². The maximum absolute atomic E-state index is 13.7. The second-order valence-corrected chi connectivity index (χ2v) is 14.5. The van der Waals surface area contributed by atoms with E-state index >= 15 is 0 Å². The van der Waals surface area contributed by atoms with Gasteiger partial charge in [-0.1, -0.05) is 11.3 Å². The Kier molecular flexibility index (Phi) is 6.25. The molecule has 1 amide bonds. The van der Waals surface area contributed by atoms with E-state index in [-0.39, 0.29) is 27.5 Å². The summed E-state index contributed by atoms with van der Waals surface area (Å²) < 4.78 is 58.7. The number of carbonyl (C=O) groups excluding carboxylic acids is 1. The molecule has 3 aliphatic rings. The summed E-state index contributed by atoms with van der Waals surface area (Å²) in [5, 5.41) is 21.7. The Bertz CT molecular complexity index is 1940. The van der Waals surface area contributed by atoms with Crippen LogP contribution >= 0.6 is 11.3 Å². The van der Waals surface area contributed by atoms with E-state index in [0.29, 0.717) is 78.9 Å². The zero-order valence-electron chi connectivity index (χ0n) is 23.3. The lowest BCUT2D eigenvalue weighted by Gasteiger charge is -2.42. The molecule has 16 heteroatoms. The van der Waals surface area contributed by atoms with E-state index in [0.717, 1.165) is 0 Å². The Hall–Kier alpha value is -3.81. The van der Waals surface area contributed by atoms with Crippen molar-refractivity contribution in [2.75, 3.05) is 24.5 Å². The predicted molar refractivity (Wildman–Crippen MR) is 153 cm³/mol. The van der Waals surface area contributed by atoms with Gasteiger partial charge in [-0.3, -0.25) is 4.79 Å². The van der Waals surface area contributed by atoms with E-state index < -0.39 is 32.4 Å². The highest BCUT2D eigenvalue weighted by Crippen LogP contribution is 2.47. The lowest BCUT2D eigenvalue weighted by molar-refractivity contribution is -0.137. The van der Waals surface area contributed by atoms with Gasteiger partial charge >= 0.3 is 0 Å². The fourth-order valence-corrected chi connectivity index (χ4v) is 7.84. The first-order chi connectivity index (χ1) is 20.4. The summed E-state index contributed by atoms with van der Waals surface area (Å²) in [7, 11) is -3.99. The minimum absolute atomic E-state index is 0.0103. The van der Waals surface area contributed by atoms with Crippen LogP contribution in [0.4, 0.5) is 14.5 Å². The summed E-state index contributed by atoms with van der Waals surface area (Å²) in [6, 6.07) is 6.65. The first kappa shape index (κ1) is 28.0. The number of nitrogens with one attached hydrogen (secondary N) is 1. The molecule has 1 N–H and O–H groups in total. The molecule has 3 fully saturated rings. The molecule has 0 radical (unpaired) electrons. The normalized spacial score (nSPS) is 21.0. The second kappa shape index (κ2) is 9.60. The molecule has 0 bridgehead atoms. The van der Waals surface area contributed by atoms with Crippen LogP contribution in [0, 0.1) is 16.7 Å². The molecule has 0 spiro atoms. The van der Waals surface area contributed by atoms with Crippen molar-refractivity contribution in [1.29, 1.82) is 5.26 Å². The average Bonchev–Trinajstić information content (AvgIpc) is 3.78. The Morgan fingerprint density at radius 1 is 1.21 bits per heavy atom. The largest absolute Gasteiger partial charge is 0.366 e. The standard InChI is InChI=1S/C27H27F2N9O3S2/c1-15-13-36(9-10-37(15)25(39)27(14-30)6-7-27)18-12-16(43(40,41)35-26(2)4-5-26)11-17-20(23-33-34-24(42-23)22(28)29)32-19-3-8-31-38(19)21(17)18/h3,8,11-12,15,22,35H,4-7,9-10,13H2,1-2H3/t15-/m1/s1. The number of halogens is 2. The molecule has 2 saturated carbocycles. The van der Waals surface area contributed by atoms with E-state index in [1.165, 1.54) is 6.07 Å². The van der Waals surface area contributed by atoms with Gasteiger partial charge in [0.25, 0.3) is 6.43 Å². The SMILES string of the molecule is C[C@@H]1CN(c2cc(S(=O)(=O)NC3(C)CC3)cc3c(-c4nnc(C(F)F)s4)nc4ccnn4c23)CCN1C(=O)C1(C#N)CC1. The molecule has 1 aromatic carbocycles. The van der Waals surface area contributed by atoms with Crippen molar-refractivity contribution in [1.82, 2.24) is 34.4 Å². The van der Waals surface area contributed by atoms with E-state index in [9.17, 15) is 27.3 Å². The highest BCUT2D eigenvalue weighted by molar-refractivity contribution is 7.89. The van der Waals surface area contributed by atoms with Crippen molar-refractivity contribution in [3.8, 4) is 16.8 Å². The third-order valence-corrected chi connectivity index (χ3v) is 11.1. The number of alkyl halides is 2. The molecule has 4 heterocycles. The monoisotopic (exact) mass is 627 g/mol. The summed E-state index contributed by atoms with van der Waals surface area (Å²) in [4.78, 5) is 21.6. The van der Waals surface area contributed by atoms with Crippen molar-refractivity contribution in [3.05, 3.63) is 29.4 Å². The average molecular weight is 628 g/mol. The number of benzene rings is 1. The van der Waals surface area contributed by atoms with Gasteiger partial charge in [0.2, 0.25) is 15.9 Å². The maximum Gasteiger partial charge on any atom is 0.291 e. The molecule has 43 heavy (non-hydrogen) atoms. The van der Waals surface area contributed by atoms with E-state index in [1.807, 2.05) is 18.7 Å². The van der Waals surface area contributed by atoms with Gasteiger partial charge in [0, 0.05) is 42.7 Å². The minimum Gasteiger partial charge on any atom is -0.366 e. The van der Waals surface area contributed by atoms with Gasteiger partial charge in [0.1, 0.15) is 11.1 Å². The number of hydrogen-bond donors (Lipinski definition) is 1. The molecule has 4 aromatic rings. The molecule has 1 atom stereocenters. The number of nitriles is 1. The van der Waals surface area contributed by atoms with Crippen molar-refractivity contribution in [2.45, 2.75) is 62.4 Å². The van der Waals surface area contributed by atoms with E-state index in [2.05, 4.69) is 31.1 Å². The van der Waals surface area contributed by atoms with Gasteiger partial charge in [0.15, 0.2) is 15.7 Å². The number of carbonyl (C=O) groups is 1. The first-order valence-electron chi connectivity index (χ1n) is 13.9. The number of nitrogens with zero attached hydrogens (tertiary/aromatic N) is 8. The fraction of sp³-hybridized carbons (Fsp3) is 0.481. The number of piperazine rings is 1. The number of amides is 1. The molecular weight excluding hydrogens is 600 g/mol. The van der Waals surface area contributed by atoms with Gasteiger partial charge < -0.3 is 9.80 Å². The zero-order chi connectivity index (χ0) is 30.3. The molecule has 2 aliphatic carbocycles. The Morgan fingerprint density at radius 3 is 2.60 bits per heavy atom. The van der Waals surface area contributed by atoms with Crippen LogP contribution in [-0.2, 0) is 14.8 Å². The van der Waals surface area contributed by atoms with Crippen LogP contribution in [0.3, 0.4) is 0 Å². The number of fused-ring (bicyclic) bond motifs is 3. The summed E-state index contributed by atoms with van der Waals surface area (Å²) in [5.74, 6) is -0.169. The highest BCUT2D eigenvalue weighted by atomic mass is 32.2. The zero-order valence-corrected chi connectivity index (χ0v) is 24.9. The number of rotatable bonds is 7. The Labute approximate surface area is 249 Å². The molecular formula is C27H27F2N9O3S2. The smallest absolute Gasteiger partial charge is 0.291 e. The number of aromatic nitrogens is 5. The Balaban J connectivity index is 1.40. The second-order valence-electron chi connectivity index (χ2n) is 11.8. The summed E-state index contributed by atoms with van der Waals surface area (Å²) >= 11 is 0.695. The van der Waals surface area contributed by atoms with Crippen LogP contribution < -0.4 is 9.62 Å². The molecule has 224 valence electrons. The van der Waals surface area contributed by atoms with Gasteiger partial charge in [0.05, 0.1) is 28.4 Å².